The van der Waals surface area contributed by atoms with Gasteiger partial charge >= 0.3 is 0 Å². The van der Waals surface area contributed by atoms with Crippen LogP contribution < -0.4 is 0 Å². The molecule has 0 spiro atoms. The monoisotopic (exact) mass is 236 g/mol. The van der Waals surface area contributed by atoms with Crippen LogP contribution in [0.5, 0.6) is 0 Å². The average Bonchev–Trinajstić information content (AvgIpc) is 2.18. The van der Waals surface area contributed by atoms with Crippen LogP contribution in [0.15, 0.2) is 0 Å². The molecule has 14 heavy (non-hydrogen) atoms. The lowest BCUT2D eigenvalue weighted by Crippen LogP contribution is -2.07. The Bertz CT molecular complexity index is 140. The Morgan fingerprint density at radius 1 is 1.14 bits per heavy atom. The minimum Gasteiger partial charge on any atom is -0.476 e. The predicted octanol–water partition coefficient (Wildman–Crippen LogP) is 3.25. The largest absolute Gasteiger partial charge is 0.476 e. The normalized spacial score (nSPS) is 10.1. The highest BCUT2D eigenvalue weighted by molar-refractivity contribution is 8.22. The average molecular weight is 236 g/mol. The van der Waals surface area contributed by atoms with Crippen molar-refractivity contribution in [3.63, 3.8) is 0 Å². The van der Waals surface area contributed by atoms with Crippen LogP contribution in [-0.4, -0.2) is 30.0 Å². The van der Waals surface area contributed by atoms with Crippen LogP contribution in [-0.2, 0) is 9.47 Å². The van der Waals surface area contributed by atoms with Crippen LogP contribution in [0.25, 0.3) is 0 Å². The van der Waals surface area contributed by atoms with E-state index in [0.29, 0.717) is 17.6 Å². The first kappa shape index (κ1) is 14.2. The Labute approximate surface area is 96.7 Å². The lowest BCUT2D eigenvalue weighted by Gasteiger charge is -2.06. The highest BCUT2D eigenvalue weighted by Crippen LogP contribution is 2.08. The van der Waals surface area contributed by atoms with E-state index in [4.69, 9.17) is 21.7 Å². The first-order valence-corrected chi connectivity index (χ1v) is 6.58. The van der Waals surface area contributed by atoms with Gasteiger partial charge in [0.15, 0.2) is 0 Å². The van der Waals surface area contributed by atoms with Crippen molar-refractivity contribution in [2.45, 2.75) is 33.1 Å². The second kappa shape index (κ2) is 11.3. The fourth-order valence-corrected chi connectivity index (χ4v) is 1.87. The number of hydrogen-bond donors (Lipinski definition) is 0. The number of ether oxygens (including phenoxy) is 2. The van der Waals surface area contributed by atoms with Crippen molar-refractivity contribution in [1.29, 1.82) is 0 Å². The number of rotatable bonds is 8. The molecule has 0 aliphatic carbocycles. The summed E-state index contributed by atoms with van der Waals surface area (Å²) in [6.07, 6.45) is 3.45. The van der Waals surface area contributed by atoms with Gasteiger partial charge in [0.05, 0.1) is 6.61 Å². The number of thiocarbonyl (C=S) groups is 1. The molecule has 0 bridgehead atoms. The molecule has 0 atom stereocenters. The molecule has 0 saturated carbocycles. The van der Waals surface area contributed by atoms with Gasteiger partial charge in [-0.15, -0.1) is 0 Å². The quantitative estimate of drug-likeness (QED) is 0.475. The van der Waals surface area contributed by atoms with Gasteiger partial charge in [-0.25, -0.2) is 0 Å². The summed E-state index contributed by atoms with van der Waals surface area (Å²) in [6, 6.07) is 0. The first-order chi connectivity index (χ1) is 6.81. The van der Waals surface area contributed by atoms with Crippen LogP contribution in [0.2, 0.25) is 0 Å². The van der Waals surface area contributed by atoms with E-state index < -0.39 is 0 Å². The van der Waals surface area contributed by atoms with Crippen molar-refractivity contribution in [3.05, 3.63) is 0 Å². The van der Waals surface area contributed by atoms with Crippen LogP contribution in [0.3, 0.4) is 0 Å². The van der Waals surface area contributed by atoms with E-state index in [1.807, 2.05) is 0 Å². The van der Waals surface area contributed by atoms with Crippen molar-refractivity contribution < 1.29 is 9.47 Å². The van der Waals surface area contributed by atoms with Gasteiger partial charge in [-0.3, -0.25) is 0 Å². The first-order valence-electron chi connectivity index (χ1n) is 5.18. The predicted molar refractivity (Wildman–Crippen MR) is 67.0 cm³/mol. The molecule has 0 amide bonds. The second-order valence-electron chi connectivity index (χ2n) is 2.91. The molecule has 0 aliphatic heterocycles. The maximum atomic E-state index is 5.30. The summed E-state index contributed by atoms with van der Waals surface area (Å²) in [5, 5.41) is 0. The molecule has 0 aromatic carbocycles. The third kappa shape index (κ3) is 10.3. The standard InChI is InChI=1S/C10H20O2S2/c1-3-5-9-14-10(13)12-8-7-11-6-4-2/h3-9H2,1-2H3. The summed E-state index contributed by atoms with van der Waals surface area (Å²) < 4.78 is 11.2. The number of unbranched alkanes of at least 4 members (excludes halogenated alkanes) is 1. The molecule has 0 radical (unpaired) electrons. The van der Waals surface area contributed by atoms with Gasteiger partial charge in [-0.2, -0.15) is 0 Å². The molecule has 0 saturated heterocycles. The molecule has 0 fully saturated rings. The molecule has 0 heterocycles. The molecule has 0 aromatic rings. The van der Waals surface area contributed by atoms with Gasteiger partial charge in [0.25, 0.3) is 0 Å². The third-order valence-electron chi connectivity index (χ3n) is 1.51. The van der Waals surface area contributed by atoms with Crippen molar-refractivity contribution in [1.82, 2.24) is 0 Å². The number of thioether (sulfide) groups is 1. The lowest BCUT2D eigenvalue weighted by molar-refractivity contribution is 0.0996. The Morgan fingerprint density at radius 2 is 1.93 bits per heavy atom. The van der Waals surface area contributed by atoms with Gasteiger partial charge in [-0.1, -0.05) is 32.0 Å². The van der Waals surface area contributed by atoms with E-state index in [9.17, 15) is 0 Å². The Balaban J connectivity index is 3.10. The van der Waals surface area contributed by atoms with E-state index >= 15 is 0 Å². The van der Waals surface area contributed by atoms with Crippen LogP contribution in [0.1, 0.15) is 33.1 Å². The summed E-state index contributed by atoms with van der Waals surface area (Å²) in [4.78, 5) is 0. The minimum atomic E-state index is 0.581. The van der Waals surface area contributed by atoms with E-state index in [0.717, 1.165) is 18.8 Å². The SMILES string of the molecule is CCCCSC(=S)OCCOCCC. The van der Waals surface area contributed by atoms with Crippen molar-refractivity contribution in [3.8, 4) is 0 Å². The molecular weight excluding hydrogens is 216 g/mol. The summed E-state index contributed by atoms with van der Waals surface area (Å²) >= 11 is 6.65. The highest BCUT2D eigenvalue weighted by atomic mass is 32.2. The zero-order valence-corrected chi connectivity index (χ0v) is 10.7. The summed E-state index contributed by atoms with van der Waals surface area (Å²) in [6.45, 7) is 6.29. The lowest BCUT2D eigenvalue weighted by atomic mass is 10.4. The highest BCUT2D eigenvalue weighted by Gasteiger charge is 1.97. The van der Waals surface area contributed by atoms with E-state index in [1.54, 1.807) is 11.8 Å². The van der Waals surface area contributed by atoms with Crippen molar-refractivity contribution in [2.75, 3.05) is 25.6 Å². The zero-order chi connectivity index (χ0) is 10.6. The number of hydrogen-bond acceptors (Lipinski definition) is 4. The van der Waals surface area contributed by atoms with Crippen molar-refractivity contribution >= 4 is 28.4 Å². The Hall–Kier alpha value is 0.200. The van der Waals surface area contributed by atoms with Gasteiger partial charge < -0.3 is 9.47 Å². The molecule has 84 valence electrons. The molecule has 0 N–H and O–H groups in total. The summed E-state index contributed by atoms with van der Waals surface area (Å²) in [5.74, 6) is 1.06. The van der Waals surface area contributed by atoms with Crippen molar-refractivity contribution in [2.24, 2.45) is 0 Å². The van der Waals surface area contributed by atoms with Gasteiger partial charge in [0.1, 0.15) is 6.61 Å². The Kier molecular flexibility index (Phi) is 11.4. The molecule has 0 unspecified atom stereocenters. The molecule has 2 nitrogen and oxygen atoms in total. The maximum absolute atomic E-state index is 5.30. The zero-order valence-electron chi connectivity index (χ0n) is 9.08. The van der Waals surface area contributed by atoms with Crippen LogP contribution in [0.4, 0.5) is 0 Å². The fourth-order valence-electron chi connectivity index (χ4n) is 0.772. The third-order valence-corrected chi connectivity index (χ3v) is 2.83. The van der Waals surface area contributed by atoms with E-state index in [1.165, 1.54) is 12.8 Å². The minimum absolute atomic E-state index is 0.581. The van der Waals surface area contributed by atoms with E-state index in [-0.39, 0.29) is 0 Å². The summed E-state index contributed by atoms with van der Waals surface area (Å²) in [7, 11) is 0. The second-order valence-corrected chi connectivity index (χ2v) is 4.61. The van der Waals surface area contributed by atoms with Crippen LogP contribution >= 0.6 is 24.0 Å². The molecule has 0 aliphatic rings. The van der Waals surface area contributed by atoms with E-state index in [2.05, 4.69) is 13.8 Å². The maximum Gasteiger partial charge on any atom is 0.220 e. The van der Waals surface area contributed by atoms with Crippen LogP contribution in [0, 0.1) is 0 Å². The molecule has 0 aromatic heterocycles. The summed E-state index contributed by atoms with van der Waals surface area (Å²) in [5.41, 5.74) is 0. The Morgan fingerprint density at radius 3 is 2.57 bits per heavy atom. The topological polar surface area (TPSA) is 18.5 Å². The van der Waals surface area contributed by atoms with Gasteiger partial charge in [0.2, 0.25) is 4.38 Å². The molecule has 4 heteroatoms. The molecular formula is C10H20O2S2. The van der Waals surface area contributed by atoms with Gasteiger partial charge in [-0.05, 0) is 25.1 Å². The molecule has 0 rings (SSSR count). The smallest absolute Gasteiger partial charge is 0.220 e. The van der Waals surface area contributed by atoms with Gasteiger partial charge in [0, 0.05) is 12.4 Å². The fraction of sp³-hybridized carbons (Fsp3) is 0.900.